The van der Waals surface area contributed by atoms with E-state index in [0.717, 1.165) is 14.7 Å². The molecule has 0 atom stereocenters. The molecule has 0 radical (unpaired) electrons. The molecule has 7 heteroatoms. The van der Waals surface area contributed by atoms with Gasteiger partial charge in [-0.2, -0.15) is 0 Å². The van der Waals surface area contributed by atoms with Crippen molar-refractivity contribution >= 4 is 57.8 Å². The lowest BCUT2D eigenvalue weighted by Gasteiger charge is -2.14. The fourth-order valence-electron chi connectivity index (χ4n) is 2.69. The number of nitrogens with zero attached hydrogens (tertiary/aromatic N) is 1. The molecular weight excluding hydrogens is 405 g/mol. The summed E-state index contributed by atoms with van der Waals surface area (Å²) in [5.41, 5.74) is 0.700. The fourth-order valence-corrected chi connectivity index (χ4v) is 4.63. The predicted molar refractivity (Wildman–Crippen MR) is 107 cm³/mol. The van der Waals surface area contributed by atoms with Gasteiger partial charge in [0.05, 0.1) is 16.2 Å². The molecule has 0 fully saturated rings. The first-order valence-corrected chi connectivity index (χ1v) is 9.98. The molecule has 4 rings (SSSR count). The second-order valence-electron chi connectivity index (χ2n) is 5.66. The Morgan fingerprint density at radius 1 is 0.926 bits per heavy atom. The highest BCUT2D eigenvalue weighted by molar-refractivity contribution is 8.04. The lowest BCUT2D eigenvalue weighted by Crippen LogP contribution is -2.31. The van der Waals surface area contributed by atoms with Crippen LogP contribution in [0, 0.1) is 5.82 Å². The normalized spacial score (nSPS) is 14.4. The number of thioether (sulfide) groups is 1. The molecule has 0 bridgehead atoms. The van der Waals surface area contributed by atoms with Crippen molar-refractivity contribution in [3.05, 3.63) is 86.7 Å². The minimum Gasteiger partial charge on any atom is -0.268 e. The molecule has 0 spiro atoms. The van der Waals surface area contributed by atoms with Crippen LogP contribution in [0.2, 0.25) is 5.02 Å². The van der Waals surface area contributed by atoms with Gasteiger partial charge in [-0.25, -0.2) is 9.29 Å². The van der Waals surface area contributed by atoms with Crippen molar-refractivity contribution in [2.75, 3.05) is 4.90 Å². The second kappa shape index (κ2) is 7.31. The lowest BCUT2D eigenvalue weighted by molar-refractivity contribution is -0.119. The quantitative estimate of drug-likeness (QED) is 0.519. The highest BCUT2D eigenvalue weighted by atomic mass is 35.5. The van der Waals surface area contributed by atoms with Gasteiger partial charge in [0.1, 0.15) is 5.82 Å². The number of benzene rings is 2. The summed E-state index contributed by atoms with van der Waals surface area (Å²) in [6.45, 7) is 0. The molecule has 27 heavy (non-hydrogen) atoms. The third kappa shape index (κ3) is 3.43. The van der Waals surface area contributed by atoms with Crippen LogP contribution in [-0.2, 0) is 9.59 Å². The number of rotatable bonds is 4. The molecule has 2 amide bonds. The molecule has 1 aliphatic rings. The van der Waals surface area contributed by atoms with Crippen molar-refractivity contribution in [3.8, 4) is 0 Å². The standard InChI is InChI=1S/C20H11ClFNO2S2/c21-12-3-9-15(10-4-12)27-18-17(16-2-1-11-26-16)19(24)23(20(18)25)14-7-5-13(22)6-8-14/h1-11H. The van der Waals surface area contributed by atoms with Crippen molar-refractivity contribution in [2.45, 2.75) is 4.90 Å². The summed E-state index contributed by atoms with van der Waals surface area (Å²) < 4.78 is 13.3. The molecule has 0 unspecified atom stereocenters. The zero-order valence-electron chi connectivity index (χ0n) is 13.7. The van der Waals surface area contributed by atoms with E-state index >= 15 is 0 Å². The summed E-state index contributed by atoms with van der Waals surface area (Å²) in [5.74, 6) is -1.26. The first-order chi connectivity index (χ1) is 13.0. The van der Waals surface area contributed by atoms with Crippen LogP contribution in [0.5, 0.6) is 0 Å². The number of halogens is 2. The van der Waals surface area contributed by atoms with Crippen LogP contribution in [-0.4, -0.2) is 11.8 Å². The van der Waals surface area contributed by atoms with E-state index in [4.69, 9.17) is 11.6 Å². The van der Waals surface area contributed by atoms with E-state index in [2.05, 4.69) is 0 Å². The molecule has 2 aromatic carbocycles. The average molecular weight is 416 g/mol. The van der Waals surface area contributed by atoms with Gasteiger partial charge in [0, 0.05) is 14.8 Å². The minimum absolute atomic E-state index is 0.340. The van der Waals surface area contributed by atoms with Crippen LogP contribution in [0.1, 0.15) is 4.88 Å². The van der Waals surface area contributed by atoms with Gasteiger partial charge in [0.15, 0.2) is 0 Å². The van der Waals surface area contributed by atoms with Crippen LogP contribution in [0.3, 0.4) is 0 Å². The Kier molecular flexibility index (Phi) is 4.86. The van der Waals surface area contributed by atoms with E-state index in [-0.39, 0.29) is 0 Å². The summed E-state index contributed by atoms with van der Waals surface area (Å²) in [5, 5.41) is 2.44. The molecule has 2 heterocycles. The summed E-state index contributed by atoms with van der Waals surface area (Å²) in [6.07, 6.45) is 0. The lowest BCUT2D eigenvalue weighted by atomic mass is 10.2. The SMILES string of the molecule is O=C1C(Sc2ccc(Cl)cc2)=C(c2cccs2)C(=O)N1c1ccc(F)cc1. The van der Waals surface area contributed by atoms with Gasteiger partial charge >= 0.3 is 0 Å². The largest absolute Gasteiger partial charge is 0.272 e. The summed E-state index contributed by atoms with van der Waals surface area (Å²) in [7, 11) is 0. The van der Waals surface area contributed by atoms with Crippen molar-refractivity contribution < 1.29 is 14.0 Å². The average Bonchev–Trinajstić information content (AvgIpc) is 3.26. The molecule has 0 N–H and O–H groups in total. The van der Waals surface area contributed by atoms with E-state index in [1.165, 1.54) is 47.4 Å². The highest BCUT2D eigenvalue weighted by Gasteiger charge is 2.40. The first kappa shape index (κ1) is 18.0. The third-order valence-electron chi connectivity index (χ3n) is 3.93. The summed E-state index contributed by atoms with van der Waals surface area (Å²) in [4.78, 5) is 29.1. The molecule has 1 aromatic heterocycles. The molecule has 0 aliphatic carbocycles. The van der Waals surface area contributed by atoms with E-state index in [9.17, 15) is 14.0 Å². The van der Waals surface area contributed by atoms with E-state index in [1.807, 2.05) is 17.5 Å². The molecule has 0 saturated carbocycles. The van der Waals surface area contributed by atoms with E-state index in [0.29, 0.717) is 21.2 Å². The maximum atomic E-state index is 13.3. The monoisotopic (exact) mass is 415 g/mol. The minimum atomic E-state index is -0.431. The third-order valence-corrected chi connectivity index (χ3v) is 6.16. The molecule has 3 nitrogen and oxygen atoms in total. The van der Waals surface area contributed by atoms with Gasteiger partial charge in [-0.3, -0.25) is 9.59 Å². The number of thiophene rings is 1. The Hall–Kier alpha value is -2.41. The van der Waals surface area contributed by atoms with E-state index in [1.54, 1.807) is 24.3 Å². The van der Waals surface area contributed by atoms with Gasteiger partial charge < -0.3 is 0 Å². The molecule has 134 valence electrons. The zero-order chi connectivity index (χ0) is 19.0. The number of amides is 2. The number of imide groups is 1. The summed E-state index contributed by atoms with van der Waals surface area (Å²) >= 11 is 8.54. The maximum absolute atomic E-state index is 13.3. The Balaban J connectivity index is 1.78. The van der Waals surface area contributed by atoms with Gasteiger partial charge in [0.2, 0.25) is 0 Å². The number of anilines is 1. The Bertz CT molecular complexity index is 1040. The number of carbonyl (C=O) groups excluding carboxylic acids is 2. The van der Waals surface area contributed by atoms with Gasteiger partial charge in [0.25, 0.3) is 11.8 Å². The van der Waals surface area contributed by atoms with E-state index < -0.39 is 17.6 Å². The second-order valence-corrected chi connectivity index (χ2v) is 8.13. The van der Waals surface area contributed by atoms with Crippen molar-refractivity contribution in [2.24, 2.45) is 0 Å². The Morgan fingerprint density at radius 3 is 2.26 bits per heavy atom. The van der Waals surface area contributed by atoms with Crippen LogP contribution in [0.25, 0.3) is 5.57 Å². The van der Waals surface area contributed by atoms with Gasteiger partial charge in [-0.15, -0.1) is 11.3 Å². The van der Waals surface area contributed by atoms with Crippen LogP contribution < -0.4 is 4.90 Å². The Morgan fingerprint density at radius 2 is 1.63 bits per heavy atom. The zero-order valence-corrected chi connectivity index (χ0v) is 16.1. The Labute approximate surface area is 168 Å². The smallest absolute Gasteiger partial charge is 0.268 e. The predicted octanol–water partition coefficient (Wildman–Crippen LogP) is 5.62. The van der Waals surface area contributed by atoms with Crippen LogP contribution in [0.4, 0.5) is 10.1 Å². The molecular formula is C20H11ClFNO2S2. The number of carbonyl (C=O) groups is 2. The maximum Gasteiger partial charge on any atom is 0.272 e. The van der Waals surface area contributed by atoms with Crippen molar-refractivity contribution in [3.63, 3.8) is 0 Å². The van der Waals surface area contributed by atoms with Crippen molar-refractivity contribution in [1.29, 1.82) is 0 Å². The molecule has 0 saturated heterocycles. The van der Waals surface area contributed by atoms with Gasteiger partial charge in [-0.1, -0.05) is 29.4 Å². The molecule has 3 aromatic rings. The number of hydrogen-bond acceptors (Lipinski definition) is 4. The topological polar surface area (TPSA) is 37.4 Å². The van der Waals surface area contributed by atoms with Crippen LogP contribution >= 0.6 is 34.7 Å². The number of hydrogen-bond donors (Lipinski definition) is 0. The highest BCUT2D eigenvalue weighted by Crippen LogP contribution is 2.42. The summed E-state index contributed by atoms with van der Waals surface area (Å²) in [6, 6.07) is 16.0. The van der Waals surface area contributed by atoms with Crippen LogP contribution in [0.15, 0.2) is 75.8 Å². The van der Waals surface area contributed by atoms with Gasteiger partial charge in [-0.05, 0) is 60.0 Å². The first-order valence-electron chi connectivity index (χ1n) is 7.90. The molecule has 1 aliphatic heterocycles. The van der Waals surface area contributed by atoms with Crippen molar-refractivity contribution in [1.82, 2.24) is 0 Å². The fraction of sp³-hybridized carbons (Fsp3) is 0.